The third-order valence-corrected chi connectivity index (χ3v) is 4.92. The van der Waals surface area contributed by atoms with Crippen LogP contribution >= 0.6 is 0 Å². The summed E-state index contributed by atoms with van der Waals surface area (Å²) in [4.78, 5) is 5.09. The Hall–Kier alpha value is -0.520. The van der Waals surface area contributed by atoms with Crippen LogP contribution < -0.4 is 0 Å². The van der Waals surface area contributed by atoms with Crippen molar-refractivity contribution in [1.82, 2.24) is 9.80 Å². The molecule has 0 saturated carbocycles. The second-order valence-electron chi connectivity index (χ2n) is 6.25. The fraction of sp³-hybridized carbons (Fsp3) is 0.875. The van der Waals surface area contributed by atoms with Crippen LogP contribution in [0.25, 0.3) is 0 Å². The van der Waals surface area contributed by atoms with Crippen LogP contribution in [-0.4, -0.2) is 47.1 Å². The summed E-state index contributed by atoms with van der Waals surface area (Å²) in [5.41, 5.74) is 0. The van der Waals surface area contributed by atoms with Gasteiger partial charge in [0.05, 0.1) is 13.1 Å². The molecule has 0 aromatic carbocycles. The lowest BCUT2D eigenvalue weighted by Crippen LogP contribution is -2.34. The maximum absolute atomic E-state index is 3.39. The molecule has 2 aliphatic heterocycles. The van der Waals surface area contributed by atoms with Crippen LogP contribution in [0, 0.1) is 11.8 Å². The van der Waals surface area contributed by atoms with E-state index < -0.39 is 0 Å². The molecule has 0 unspecified atom stereocenters. The maximum Gasteiger partial charge on any atom is 0.0606 e. The highest BCUT2D eigenvalue weighted by Gasteiger charge is 2.27. The number of hydrogen-bond donors (Lipinski definition) is 0. The number of hydrogen-bond acceptors (Lipinski definition) is 2. The lowest BCUT2D eigenvalue weighted by Gasteiger charge is -2.24. The maximum atomic E-state index is 3.39. The third kappa shape index (κ3) is 3.08. The first-order chi connectivity index (χ1) is 8.59. The van der Waals surface area contributed by atoms with E-state index in [2.05, 4.69) is 49.3 Å². The zero-order chi connectivity index (χ0) is 13.1. The van der Waals surface area contributed by atoms with Crippen molar-refractivity contribution in [1.29, 1.82) is 0 Å². The molecule has 18 heavy (non-hydrogen) atoms. The molecule has 0 aromatic heterocycles. The van der Waals surface area contributed by atoms with Crippen molar-refractivity contribution in [3.8, 4) is 11.8 Å². The quantitative estimate of drug-likeness (QED) is 0.693. The molecule has 0 amide bonds. The molecule has 102 valence electrons. The predicted molar refractivity (Wildman–Crippen MR) is 77.5 cm³/mol. The molecule has 2 aliphatic rings. The summed E-state index contributed by atoms with van der Waals surface area (Å²) < 4.78 is 0. The van der Waals surface area contributed by atoms with Crippen LogP contribution in [0.15, 0.2) is 0 Å². The highest BCUT2D eigenvalue weighted by Crippen LogP contribution is 2.23. The Kier molecular flexibility index (Phi) is 4.70. The minimum atomic E-state index is 0.721. The van der Waals surface area contributed by atoms with Gasteiger partial charge in [-0.25, -0.2) is 0 Å². The second kappa shape index (κ2) is 6.08. The van der Waals surface area contributed by atoms with Crippen LogP contribution in [0.3, 0.4) is 0 Å². The molecule has 0 bridgehead atoms. The monoisotopic (exact) mass is 248 g/mol. The van der Waals surface area contributed by atoms with Crippen molar-refractivity contribution in [3.63, 3.8) is 0 Å². The number of likely N-dealkylation sites (tertiary alicyclic amines) is 2. The molecule has 2 heteroatoms. The van der Waals surface area contributed by atoms with E-state index in [4.69, 9.17) is 0 Å². The largest absolute Gasteiger partial charge is 0.287 e. The van der Waals surface area contributed by atoms with Crippen LogP contribution in [0.1, 0.15) is 53.4 Å². The van der Waals surface area contributed by atoms with Gasteiger partial charge in [0.15, 0.2) is 0 Å². The van der Waals surface area contributed by atoms with Crippen molar-refractivity contribution in [2.45, 2.75) is 77.5 Å². The molecule has 0 aromatic rings. The second-order valence-corrected chi connectivity index (χ2v) is 6.25. The Morgan fingerprint density at radius 2 is 0.944 bits per heavy atom. The van der Waals surface area contributed by atoms with Crippen LogP contribution in [0.4, 0.5) is 0 Å². The van der Waals surface area contributed by atoms with Crippen molar-refractivity contribution < 1.29 is 0 Å². The van der Waals surface area contributed by atoms with E-state index in [-0.39, 0.29) is 0 Å². The summed E-state index contributed by atoms with van der Waals surface area (Å²) in [6.07, 6.45) is 5.35. The van der Waals surface area contributed by atoms with E-state index in [1.807, 2.05) is 0 Å². The van der Waals surface area contributed by atoms with Crippen LogP contribution in [0.2, 0.25) is 0 Å². The molecule has 0 spiro atoms. The van der Waals surface area contributed by atoms with Gasteiger partial charge in [0.25, 0.3) is 0 Å². The van der Waals surface area contributed by atoms with Crippen molar-refractivity contribution in [3.05, 3.63) is 0 Å². The molecular weight excluding hydrogens is 220 g/mol. The Morgan fingerprint density at radius 1 is 0.667 bits per heavy atom. The summed E-state index contributed by atoms with van der Waals surface area (Å²) in [6, 6.07) is 2.88. The van der Waals surface area contributed by atoms with Gasteiger partial charge in [-0.15, -0.1) is 0 Å². The van der Waals surface area contributed by atoms with E-state index >= 15 is 0 Å². The Labute approximate surface area is 113 Å². The van der Waals surface area contributed by atoms with Crippen LogP contribution in [0.5, 0.6) is 0 Å². The van der Waals surface area contributed by atoms with E-state index in [0.717, 1.165) is 37.3 Å². The standard InChI is InChI=1S/C16H28N2/c1-13-7-8-14(2)17(13)11-5-6-12-18-15(3)9-10-16(18)4/h13-16H,7-12H2,1-4H3/t13-,14-,15-,16+/m1/s1. The third-order valence-electron chi connectivity index (χ3n) is 4.92. The zero-order valence-corrected chi connectivity index (χ0v) is 12.4. The topological polar surface area (TPSA) is 6.48 Å². The zero-order valence-electron chi connectivity index (χ0n) is 12.4. The average Bonchev–Trinajstić information content (AvgIpc) is 2.82. The molecule has 0 aliphatic carbocycles. The molecule has 2 saturated heterocycles. The smallest absolute Gasteiger partial charge is 0.0606 e. The van der Waals surface area contributed by atoms with Crippen molar-refractivity contribution in [2.24, 2.45) is 0 Å². The minimum Gasteiger partial charge on any atom is -0.287 e. The molecule has 0 radical (unpaired) electrons. The first-order valence-electron chi connectivity index (χ1n) is 7.56. The van der Waals surface area contributed by atoms with Crippen LogP contribution in [-0.2, 0) is 0 Å². The van der Waals surface area contributed by atoms with Gasteiger partial charge >= 0.3 is 0 Å². The SMILES string of the molecule is C[C@@H]1CC[C@@H](C)N1CC#CCN1[C@H](C)CC[C@@H]1C. The summed E-state index contributed by atoms with van der Waals surface area (Å²) in [5.74, 6) is 6.78. The summed E-state index contributed by atoms with van der Waals surface area (Å²) >= 11 is 0. The fourth-order valence-corrected chi connectivity index (χ4v) is 3.41. The Bertz CT molecular complexity index is 278. The van der Waals surface area contributed by atoms with E-state index in [0.29, 0.717) is 0 Å². The molecule has 2 heterocycles. The highest BCUT2D eigenvalue weighted by atomic mass is 15.2. The highest BCUT2D eigenvalue weighted by molar-refractivity contribution is 5.06. The van der Waals surface area contributed by atoms with E-state index in [1.165, 1.54) is 25.7 Å². The van der Waals surface area contributed by atoms with Gasteiger partial charge in [0.2, 0.25) is 0 Å². The van der Waals surface area contributed by atoms with Gasteiger partial charge in [-0.3, -0.25) is 9.80 Å². The average molecular weight is 248 g/mol. The minimum absolute atomic E-state index is 0.721. The Morgan fingerprint density at radius 3 is 1.22 bits per heavy atom. The van der Waals surface area contributed by atoms with E-state index in [1.54, 1.807) is 0 Å². The van der Waals surface area contributed by atoms with Gasteiger partial charge in [-0.1, -0.05) is 11.8 Å². The van der Waals surface area contributed by atoms with Gasteiger partial charge in [-0.05, 0) is 53.4 Å². The Balaban J connectivity index is 1.79. The number of rotatable bonds is 2. The van der Waals surface area contributed by atoms with Gasteiger partial charge < -0.3 is 0 Å². The first-order valence-corrected chi connectivity index (χ1v) is 7.56. The summed E-state index contributed by atoms with van der Waals surface area (Å²) in [6.45, 7) is 11.2. The van der Waals surface area contributed by atoms with Crippen molar-refractivity contribution in [2.75, 3.05) is 13.1 Å². The molecule has 2 rings (SSSR count). The summed E-state index contributed by atoms with van der Waals surface area (Å²) in [5, 5.41) is 0. The molecule has 0 N–H and O–H groups in total. The summed E-state index contributed by atoms with van der Waals surface area (Å²) in [7, 11) is 0. The van der Waals surface area contributed by atoms with E-state index in [9.17, 15) is 0 Å². The number of nitrogens with zero attached hydrogens (tertiary/aromatic N) is 2. The lowest BCUT2D eigenvalue weighted by atomic mass is 10.2. The van der Waals surface area contributed by atoms with Gasteiger partial charge in [0.1, 0.15) is 0 Å². The molecule has 2 nitrogen and oxygen atoms in total. The lowest BCUT2D eigenvalue weighted by molar-refractivity contribution is 0.238. The first kappa shape index (κ1) is 13.9. The normalized spacial score (nSPS) is 37.8. The molecular formula is C16H28N2. The predicted octanol–water partition coefficient (Wildman–Crippen LogP) is 2.74. The fourth-order valence-electron chi connectivity index (χ4n) is 3.41. The van der Waals surface area contributed by atoms with Gasteiger partial charge in [-0.2, -0.15) is 0 Å². The molecule has 4 atom stereocenters. The molecule has 2 fully saturated rings. The van der Waals surface area contributed by atoms with Crippen molar-refractivity contribution >= 4 is 0 Å². The van der Waals surface area contributed by atoms with Gasteiger partial charge in [0, 0.05) is 24.2 Å².